The Balaban J connectivity index is 0.00000225. The maximum atomic E-state index is 12.7. The first-order chi connectivity index (χ1) is 11.5. The van der Waals surface area contributed by atoms with Crippen LogP contribution in [0.1, 0.15) is 19.8 Å². The van der Waals surface area contributed by atoms with Gasteiger partial charge in [0, 0.05) is 24.8 Å². The van der Waals surface area contributed by atoms with E-state index in [0.29, 0.717) is 38.0 Å². The molecule has 0 bridgehead atoms. The van der Waals surface area contributed by atoms with E-state index in [1.54, 1.807) is 18.2 Å². The zero-order chi connectivity index (χ0) is 17.2. The molecule has 3 rings (SSSR count). The van der Waals surface area contributed by atoms with Crippen LogP contribution in [-0.4, -0.2) is 57.0 Å². The molecule has 2 aliphatic rings. The summed E-state index contributed by atoms with van der Waals surface area (Å²) in [6.45, 7) is 3.31. The van der Waals surface area contributed by atoms with Gasteiger partial charge in [0.25, 0.3) is 0 Å². The number of nitrogens with zero attached hydrogens (tertiary/aromatic N) is 1. The summed E-state index contributed by atoms with van der Waals surface area (Å²) in [6, 6.07) is 6.51. The number of morpholine rings is 1. The van der Waals surface area contributed by atoms with Crippen molar-refractivity contribution in [3.05, 3.63) is 24.3 Å². The number of hydrogen-bond acceptors (Lipinski definition) is 5. The van der Waals surface area contributed by atoms with Crippen molar-refractivity contribution < 1.29 is 17.9 Å². The van der Waals surface area contributed by atoms with Crippen LogP contribution in [0.5, 0.6) is 0 Å². The van der Waals surface area contributed by atoms with E-state index in [9.17, 15) is 13.2 Å². The number of anilines is 1. The largest absolute Gasteiger partial charge is 0.379 e. The highest BCUT2D eigenvalue weighted by Gasteiger charge is 2.27. The summed E-state index contributed by atoms with van der Waals surface area (Å²) in [6.07, 6.45) is 2.20. The normalized spacial score (nSPS) is 19.7. The Kier molecular flexibility index (Phi) is 6.81. The molecule has 1 heterocycles. The minimum Gasteiger partial charge on any atom is -0.379 e. The predicted molar refractivity (Wildman–Crippen MR) is 97.5 cm³/mol. The second-order valence-electron chi connectivity index (χ2n) is 6.20. The highest BCUT2D eigenvalue weighted by Crippen LogP contribution is 2.22. The third kappa shape index (κ3) is 5.15. The number of benzene rings is 1. The smallest absolute Gasteiger partial charge is 0.243 e. The monoisotopic (exact) mass is 389 g/mol. The molecule has 9 heteroatoms. The fourth-order valence-electron chi connectivity index (χ4n) is 2.60. The molecule has 0 spiro atoms. The summed E-state index contributed by atoms with van der Waals surface area (Å²) in [7, 11) is -3.56. The second-order valence-corrected chi connectivity index (χ2v) is 8.13. The molecule has 1 aromatic carbocycles. The van der Waals surface area contributed by atoms with Crippen LogP contribution in [0.25, 0.3) is 0 Å². The number of nitrogens with one attached hydrogen (secondary N) is 2. The van der Waals surface area contributed by atoms with E-state index in [1.807, 2.05) is 6.92 Å². The average Bonchev–Trinajstić information content (AvgIpc) is 3.40. The van der Waals surface area contributed by atoms with Gasteiger partial charge in [0.15, 0.2) is 0 Å². The summed E-state index contributed by atoms with van der Waals surface area (Å²) in [4.78, 5) is 12.4. The van der Waals surface area contributed by atoms with Gasteiger partial charge in [-0.25, -0.2) is 8.42 Å². The summed E-state index contributed by atoms with van der Waals surface area (Å²) in [5, 5.41) is 6.00. The number of rotatable bonds is 6. The van der Waals surface area contributed by atoms with Crippen LogP contribution in [0.15, 0.2) is 29.2 Å². The first kappa shape index (κ1) is 20.1. The standard InChI is InChI=1S/C16H23N3O4S.ClH/c1-12(17-13-5-6-13)16(20)18-14-3-2-4-15(11-14)24(21,22)19-7-9-23-10-8-19;/h2-4,11-13,17H,5-10H2,1H3,(H,18,20);1H. The van der Waals surface area contributed by atoms with Gasteiger partial charge in [0.1, 0.15) is 0 Å². The Hall–Kier alpha value is -1.19. The van der Waals surface area contributed by atoms with Crippen LogP contribution in [0.4, 0.5) is 5.69 Å². The first-order valence-electron chi connectivity index (χ1n) is 8.22. The minimum absolute atomic E-state index is 0. The van der Waals surface area contributed by atoms with Crippen LogP contribution in [-0.2, 0) is 19.6 Å². The summed E-state index contributed by atoms with van der Waals surface area (Å²) < 4.78 is 31.9. The van der Waals surface area contributed by atoms with Crippen LogP contribution < -0.4 is 10.6 Å². The zero-order valence-corrected chi connectivity index (χ0v) is 15.7. The minimum atomic E-state index is -3.56. The van der Waals surface area contributed by atoms with Gasteiger partial charge in [0.05, 0.1) is 24.2 Å². The molecule has 1 amide bonds. The SMILES string of the molecule is CC(NC1CC1)C(=O)Nc1cccc(S(=O)(=O)N2CCOCC2)c1.Cl. The number of amides is 1. The lowest BCUT2D eigenvalue weighted by atomic mass is 10.2. The summed E-state index contributed by atoms with van der Waals surface area (Å²) in [5.74, 6) is -0.164. The van der Waals surface area contributed by atoms with Crippen molar-refractivity contribution >= 4 is 34.0 Å². The summed E-state index contributed by atoms with van der Waals surface area (Å²) >= 11 is 0. The van der Waals surface area contributed by atoms with Gasteiger partial charge in [-0.05, 0) is 38.0 Å². The molecule has 140 valence electrons. The van der Waals surface area contributed by atoms with Gasteiger partial charge >= 0.3 is 0 Å². The molecule has 1 aliphatic carbocycles. The van der Waals surface area contributed by atoms with E-state index in [0.717, 1.165) is 12.8 Å². The lowest BCUT2D eigenvalue weighted by Gasteiger charge is -2.26. The van der Waals surface area contributed by atoms with Crippen molar-refractivity contribution in [1.82, 2.24) is 9.62 Å². The van der Waals surface area contributed by atoms with Crippen molar-refractivity contribution in [3.63, 3.8) is 0 Å². The molecule has 25 heavy (non-hydrogen) atoms. The van der Waals surface area contributed by atoms with E-state index in [2.05, 4.69) is 10.6 Å². The van der Waals surface area contributed by atoms with Crippen molar-refractivity contribution in [3.8, 4) is 0 Å². The van der Waals surface area contributed by atoms with Crippen LogP contribution in [0.2, 0.25) is 0 Å². The Labute approximate surface area is 154 Å². The highest BCUT2D eigenvalue weighted by molar-refractivity contribution is 7.89. The molecule has 1 atom stereocenters. The lowest BCUT2D eigenvalue weighted by molar-refractivity contribution is -0.117. The predicted octanol–water partition coefficient (Wildman–Crippen LogP) is 1.21. The van der Waals surface area contributed by atoms with E-state index >= 15 is 0 Å². The molecule has 0 aromatic heterocycles. The summed E-state index contributed by atoms with van der Waals surface area (Å²) in [5.41, 5.74) is 0.485. The van der Waals surface area contributed by atoms with Gasteiger partial charge in [-0.1, -0.05) is 6.07 Å². The maximum Gasteiger partial charge on any atom is 0.243 e. The first-order valence-corrected chi connectivity index (χ1v) is 9.66. The number of halogens is 1. The van der Waals surface area contributed by atoms with E-state index in [1.165, 1.54) is 10.4 Å². The maximum absolute atomic E-state index is 12.7. The molecule has 1 unspecified atom stereocenters. The molecule has 2 N–H and O–H groups in total. The van der Waals surface area contributed by atoms with E-state index in [4.69, 9.17) is 4.74 Å². The third-order valence-corrected chi connectivity index (χ3v) is 6.06. The van der Waals surface area contributed by atoms with Crippen molar-refractivity contribution in [2.24, 2.45) is 0 Å². The molecule has 1 saturated carbocycles. The van der Waals surface area contributed by atoms with Crippen LogP contribution >= 0.6 is 12.4 Å². The molecule has 0 radical (unpaired) electrons. The fraction of sp³-hybridized carbons (Fsp3) is 0.562. The van der Waals surface area contributed by atoms with Gasteiger partial charge in [-0.3, -0.25) is 4.79 Å². The highest BCUT2D eigenvalue weighted by atomic mass is 35.5. The average molecular weight is 390 g/mol. The Morgan fingerprint density at radius 2 is 1.96 bits per heavy atom. The molecule has 1 aromatic rings. The third-order valence-electron chi connectivity index (χ3n) is 4.17. The van der Waals surface area contributed by atoms with Gasteiger partial charge in [-0.15, -0.1) is 12.4 Å². The van der Waals surface area contributed by atoms with E-state index in [-0.39, 0.29) is 29.3 Å². The Morgan fingerprint density at radius 3 is 2.60 bits per heavy atom. The molecule has 2 fully saturated rings. The quantitative estimate of drug-likeness (QED) is 0.763. The lowest BCUT2D eigenvalue weighted by Crippen LogP contribution is -2.40. The fourth-order valence-corrected chi connectivity index (χ4v) is 4.05. The van der Waals surface area contributed by atoms with Gasteiger partial charge in [0.2, 0.25) is 15.9 Å². The number of sulfonamides is 1. The number of hydrogen-bond donors (Lipinski definition) is 2. The Morgan fingerprint density at radius 1 is 1.28 bits per heavy atom. The van der Waals surface area contributed by atoms with Gasteiger partial charge < -0.3 is 15.4 Å². The molecule has 7 nitrogen and oxygen atoms in total. The second kappa shape index (κ2) is 8.46. The van der Waals surface area contributed by atoms with E-state index < -0.39 is 10.0 Å². The molecular formula is C16H24ClN3O4S. The Bertz CT molecular complexity index is 703. The van der Waals surface area contributed by atoms with Gasteiger partial charge in [-0.2, -0.15) is 4.31 Å². The topological polar surface area (TPSA) is 87.7 Å². The zero-order valence-electron chi connectivity index (χ0n) is 14.1. The van der Waals surface area contributed by atoms with Crippen molar-refractivity contribution in [1.29, 1.82) is 0 Å². The number of ether oxygens (including phenoxy) is 1. The van der Waals surface area contributed by atoms with Crippen molar-refractivity contribution in [2.75, 3.05) is 31.6 Å². The number of carbonyl (C=O) groups is 1. The van der Waals surface area contributed by atoms with Crippen LogP contribution in [0, 0.1) is 0 Å². The van der Waals surface area contributed by atoms with Crippen molar-refractivity contribution in [2.45, 2.75) is 36.7 Å². The molecular weight excluding hydrogens is 366 g/mol. The molecule has 1 aliphatic heterocycles. The number of carbonyl (C=O) groups excluding carboxylic acids is 1. The molecule has 1 saturated heterocycles. The van der Waals surface area contributed by atoms with Crippen LogP contribution in [0.3, 0.4) is 0 Å².